The maximum absolute atomic E-state index is 11.7. The van der Waals surface area contributed by atoms with E-state index in [0.717, 1.165) is 27.5 Å². The van der Waals surface area contributed by atoms with Gasteiger partial charge in [-0.3, -0.25) is 4.79 Å². The van der Waals surface area contributed by atoms with Crippen molar-refractivity contribution in [3.8, 4) is 22.6 Å². The van der Waals surface area contributed by atoms with E-state index in [2.05, 4.69) is 0 Å². The molecule has 3 aromatic rings. The number of aryl methyl sites for hydroxylation is 1. The first-order chi connectivity index (χ1) is 10.1. The van der Waals surface area contributed by atoms with Crippen molar-refractivity contribution in [3.05, 3.63) is 70.4 Å². The third kappa shape index (κ3) is 2.23. The van der Waals surface area contributed by atoms with Gasteiger partial charge in [-0.25, -0.2) is 0 Å². The zero-order chi connectivity index (χ0) is 15.0. The Bertz CT molecular complexity index is 893. The molecule has 0 aliphatic heterocycles. The smallest absolute Gasteiger partial charge is 0.261 e. The highest BCUT2D eigenvalue weighted by molar-refractivity contribution is 5.97. The predicted molar refractivity (Wildman–Crippen MR) is 83.7 cm³/mol. The van der Waals surface area contributed by atoms with Crippen LogP contribution in [0.25, 0.3) is 21.9 Å². The van der Waals surface area contributed by atoms with Crippen LogP contribution in [0.3, 0.4) is 0 Å². The average molecular weight is 278 g/mol. The quantitative estimate of drug-likeness (QED) is 0.715. The lowest BCUT2D eigenvalue weighted by molar-refractivity contribution is 0.445. The Morgan fingerprint density at radius 1 is 0.810 bits per heavy atom. The minimum Gasteiger partial charge on any atom is -0.504 e. The van der Waals surface area contributed by atoms with Gasteiger partial charge in [-0.15, -0.1) is 0 Å². The van der Waals surface area contributed by atoms with Crippen molar-refractivity contribution in [1.29, 1.82) is 0 Å². The molecule has 0 radical (unpaired) electrons. The Kier molecular flexibility index (Phi) is 3.10. The molecule has 3 nitrogen and oxygen atoms in total. The third-order valence-electron chi connectivity index (χ3n) is 3.60. The predicted octanol–water partition coefficient (Wildman–Crippen LogP) is 3.59. The maximum Gasteiger partial charge on any atom is 0.261 e. The number of fused-ring (bicyclic) bond motifs is 1. The van der Waals surface area contributed by atoms with Crippen molar-refractivity contribution in [3.63, 3.8) is 0 Å². The van der Waals surface area contributed by atoms with Gasteiger partial charge in [-0.1, -0.05) is 42.5 Å². The van der Waals surface area contributed by atoms with Crippen LogP contribution in [0, 0.1) is 6.92 Å². The molecule has 0 atom stereocenters. The van der Waals surface area contributed by atoms with Crippen molar-refractivity contribution in [2.45, 2.75) is 6.92 Å². The van der Waals surface area contributed by atoms with Crippen LogP contribution in [0.2, 0.25) is 0 Å². The van der Waals surface area contributed by atoms with Gasteiger partial charge < -0.3 is 10.2 Å². The number of hydrogen-bond donors (Lipinski definition) is 2. The Morgan fingerprint density at radius 3 is 2.29 bits per heavy atom. The fourth-order valence-electron chi connectivity index (χ4n) is 2.55. The molecule has 0 aliphatic rings. The van der Waals surface area contributed by atoms with E-state index >= 15 is 0 Å². The molecule has 0 fully saturated rings. The molecular formula is C18H14O3. The number of benzene rings is 2. The molecule has 3 rings (SSSR count). The summed E-state index contributed by atoms with van der Waals surface area (Å²) in [5.41, 5.74) is 1.60. The highest BCUT2D eigenvalue weighted by Gasteiger charge is 2.10. The standard InChI is InChI=1S/C18H14O3/c1-11-9-16(19)18(21)17(20)10-15(11)14-8-4-6-12-5-2-3-7-13(12)14/h2-10H,1H3,(H2,19,20,21). The minimum atomic E-state index is -0.760. The zero-order valence-corrected chi connectivity index (χ0v) is 11.5. The van der Waals surface area contributed by atoms with E-state index < -0.39 is 16.9 Å². The molecule has 0 amide bonds. The summed E-state index contributed by atoms with van der Waals surface area (Å²) in [5, 5.41) is 21.6. The normalized spacial score (nSPS) is 10.7. The van der Waals surface area contributed by atoms with Crippen molar-refractivity contribution in [2.24, 2.45) is 0 Å². The van der Waals surface area contributed by atoms with Crippen LogP contribution in [-0.4, -0.2) is 10.2 Å². The summed E-state index contributed by atoms with van der Waals surface area (Å²) < 4.78 is 0. The Morgan fingerprint density at radius 2 is 1.48 bits per heavy atom. The largest absolute Gasteiger partial charge is 0.504 e. The number of hydrogen-bond acceptors (Lipinski definition) is 3. The topological polar surface area (TPSA) is 57.5 Å². The van der Waals surface area contributed by atoms with E-state index in [1.165, 1.54) is 12.1 Å². The van der Waals surface area contributed by atoms with Crippen LogP contribution < -0.4 is 5.43 Å². The highest BCUT2D eigenvalue weighted by Crippen LogP contribution is 2.32. The van der Waals surface area contributed by atoms with Gasteiger partial charge in [0.15, 0.2) is 11.5 Å². The van der Waals surface area contributed by atoms with E-state index in [1.807, 2.05) is 42.5 Å². The van der Waals surface area contributed by atoms with Crippen LogP contribution >= 0.6 is 0 Å². The van der Waals surface area contributed by atoms with Gasteiger partial charge in [0.05, 0.1) is 0 Å². The second-order valence-electron chi connectivity index (χ2n) is 5.01. The summed E-state index contributed by atoms with van der Waals surface area (Å²) in [7, 11) is 0. The molecule has 3 aromatic carbocycles. The Labute approximate surface area is 121 Å². The molecule has 0 heterocycles. The first-order valence-corrected chi connectivity index (χ1v) is 6.63. The first kappa shape index (κ1) is 13.2. The lowest BCUT2D eigenvalue weighted by Gasteiger charge is -2.07. The van der Waals surface area contributed by atoms with E-state index in [9.17, 15) is 15.0 Å². The molecule has 0 saturated heterocycles. The monoisotopic (exact) mass is 278 g/mol. The average Bonchev–Trinajstić information content (AvgIpc) is 2.59. The van der Waals surface area contributed by atoms with Gasteiger partial charge in [0.25, 0.3) is 5.43 Å². The van der Waals surface area contributed by atoms with E-state index in [-0.39, 0.29) is 0 Å². The van der Waals surface area contributed by atoms with Gasteiger partial charge in [0, 0.05) is 0 Å². The molecule has 2 N–H and O–H groups in total. The van der Waals surface area contributed by atoms with Crippen molar-refractivity contribution < 1.29 is 10.2 Å². The van der Waals surface area contributed by atoms with Gasteiger partial charge >= 0.3 is 0 Å². The summed E-state index contributed by atoms with van der Waals surface area (Å²) in [5.74, 6) is -0.903. The maximum atomic E-state index is 11.7. The summed E-state index contributed by atoms with van der Waals surface area (Å²) in [4.78, 5) is 11.7. The second kappa shape index (κ2) is 4.94. The molecule has 0 bridgehead atoms. The van der Waals surface area contributed by atoms with Crippen LogP contribution in [0.4, 0.5) is 0 Å². The fraction of sp³-hybridized carbons (Fsp3) is 0.0556. The number of rotatable bonds is 1. The highest BCUT2D eigenvalue weighted by atomic mass is 16.3. The summed E-state index contributed by atoms with van der Waals surface area (Å²) in [6, 6.07) is 16.6. The van der Waals surface area contributed by atoms with Crippen molar-refractivity contribution >= 4 is 10.8 Å². The van der Waals surface area contributed by atoms with Crippen molar-refractivity contribution in [2.75, 3.05) is 0 Å². The molecule has 104 valence electrons. The minimum absolute atomic E-state index is 0.448. The van der Waals surface area contributed by atoms with Crippen LogP contribution in [0.5, 0.6) is 11.5 Å². The molecule has 21 heavy (non-hydrogen) atoms. The van der Waals surface area contributed by atoms with E-state index in [4.69, 9.17) is 0 Å². The molecule has 0 spiro atoms. The van der Waals surface area contributed by atoms with Crippen molar-refractivity contribution in [1.82, 2.24) is 0 Å². The van der Waals surface area contributed by atoms with E-state index in [1.54, 1.807) is 6.92 Å². The van der Waals surface area contributed by atoms with Gasteiger partial charge in [0.2, 0.25) is 0 Å². The third-order valence-corrected chi connectivity index (χ3v) is 3.60. The fourth-order valence-corrected chi connectivity index (χ4v) is 2.55. The molecule has 0 aliphatic carbocycles. The van der Waals surface area contributed by atoms with E-state index in [0.29, 0.717) is 0 Å². The molecule has 0 unspecified atom stereocenters. The van der Waals surface area contributed by atoms with Gasteiger partial charge in [-0.2, -0.15) is 0 Å². The summed E-state index contributed by atoms with van der Waals surface area (Å²) in [6.07, 6.45) is 0. The van der Waals surface area contributed by atoms with Gasteiger partial charge in [0.1, 0.15) is 0 Å². The number of aromatic hydroxyl groups is 2. The first-order valence-electron chi connectivity index (χ1n) is 6.63. The molecule has 0 aromatic heterocycles. The van der Waals surface area contributed by atoms with Gasteiger partial charge in [-0.05, 0) is 46.5 Å². The van der Waals surface area contributed by atoms with Crippen LogP contribution in [0.1, 0.15) is 5.56 Å². The molecular weight excluding hydrogens is 264 g/mol. The second-order valence-corrected chi connectivity index (χ2v) is 5.01. The molecule has 0 saturated carbocycles. The zero-order valence-electron chi connectivity index (χ0n) is 11.5. The summed E-state index contributed by atoms with van der Waals surface area (Å²) in [6.45, 7) is 1.80. The Hall–Kier alpha value is -2.81. The summed E-state index contributed by atoms with van der Waals surface area (Å²) >= 11 is 0. The lowest BCUT2D eigenvalue weighted by Crippen LogP contribution is -1.94. The SMILES string of the molecule is Cc1cc(O)c(=O)c(O)cc1-c1cccc2ccccc12. The lowest BCUT2D eigenvalue weighted by atomic mass is 9.96. The molecule has 3 heteroatoms. The van der Waals surface area contributed by atoms with Crippen LogP contribution in [0.15, 0.2) is 59.4 Å². The van der Waals surface area contributed by atoms with Crippen LogP contribution in [-0.2, 0) is 0 Å². The Balaban J connectivity index is 2.42.